The molecule has 0 bridgehead atoms. The smallest absolute Gasteiger partial charge is 0.0489 e. The number of nitrogens with two attached hydrogens (primary N) is 1. The lowest BCUT2D eigenvalue weighted by Gasteiger charge is -2.29. The lowest BCUT2D eigenvalue weighted by Crippen LogP contribution is -2.35. The molecule has 1 aromatic heterocycles. The van der Waals surface area contributed by atoms with Crippen molar-refractivity contribution in [3.05, 3.63) is 59.2 Å². The summed E-state index contributed by atoms with van der Waals surface area (Å²) in [6.45, 7) is 4.89. The Morgan fingerprint density at radius 2 is 1.92 bits per heavy atom. The molecule has 2 N–H and O–H groups in total. The zero-order valence-corrected chi connectivity index (χ0v) is 14.5. The van der Waals surface area contributed by atoms with Crippen molar-refractivity contribution in [1.82, 2.24) is 9.47 Å². The van der Waals surface area contributed by atoms with Crippen LogP contribution in [0.1, 0.15) is 12.1 Å². The number of fused-ring (bicyclic) bond motifs is 3. The van der Waals surface area contributed by atoms with Crippen LogP contribution in [-0.2, 0) is 13.1 Å². The monoisotopic (exact) mass is 339 g/mol. The second-order valence-corrected chi connectivity index (χ2v) is 6.86. The third kappa shape index (κ3) is 2.73. The Balaban J connectivity index is 1.86. The zero-order chi connectivity index (χ0) is 16.5. The van der Waals surface area contributed by atoms with Crippen molar-refractivity contribution in [2.75, 3.05) is 19.6 Å². The van der Waals surface area contributed by atoms with Crippen LogP contribution >= 0.6 is 11.6 Å². The minimum absolute atomic E-state index is 0.751. The Hall–Kier alpha value is -1.81. The number of rotatable bonds is 4. The first-order valence-corrected chi connectivity index (χ1v) is 8.94. The maximum absolute atomic E-state index is 6.26. The van der Waals surface area contributed by atoms with E-state index in [1.807, 2.05) is 12.1 Å². The minimum atomic E-state index is 0.751. The molecule has 3 aromatic rings. The first-order chi connectivity index (χ1) is 11.8. The summed E-state index contributed by atoms with van der Waals surface area (Å²) in [5.74, 6) is 0. The lowest BCUT2D eigenvalue weighted by molar-refractivity contribution is 0.223. The molecule has 0 spiro atoms. The molecule has 2 aromatic carbocycles. The molecular weight excluding hydrogens is 318 g/mol. The van der Waals surface area contributed by atoms with Crippen LogP contribution in [0.2, 0.25) is 5.02 Å². The zero-order valence-electron chi connectivity index (χ0n) is 13.7. The molecule has 1 aliphatic heterocycles. The van der Waals surface area contributed by atoms with E-state index in [1.165, 1.54) is 27.7 Å². The van der Waals surface area contributed by atoms with E-state index in [2.05, 4.69) is 45.9 Å². The predicted octanol–water partition coefficient (Wildman–Crippen LogP) is 4.13. The highest BCUT2D eigenvalue weighted by Gasteiger charge is 2.24. The third-order valence-electron chi connectivity index (χ3n) is 4.88. The van der Waals surface area contributed by atoms with Crippen LogP contribution in [0, 0.1) is 0 Å². The molecule has 24 heavy (non-hydrogen) atoms. The fourth-order valence-electron chi connectivity index (χ4n) is 3.78. The van der Waals surface area contributed by atoms with Crippen molar-refractivity contribution in [1.29, 1.82) is 0 Å². The molecular formula is C20H22ClN3. The van der Waals surface area contributed by atoms with Gasteiger partial charge in [-0.2, -0.15) is 0 Å². The van der Waals surface area contributed by atoms with Crippen LogP contribution in [0.25, 0.3) is 22.0 Å². The molecule has 2 heterocycles. The second kappa shape index (κ2) is 6.60. The van der Waals surface area contributed by atoms with Crippen LogP contribution < -0.4 is 5.73 Å². The number of para-hydroxylation sites is 1. The highest BCUT2D eigenvalue weighted by molar-refractivity contribution is 6.31. The Morgan fingerprint density at radius 1 is 1.04 bits per heavy atom. The number of aromatic nitrogens is 1. The van der Waals surface area contributed by atoms with Crippen LogP contribution in [0.15, 0.2) is 48.5 Å². The quantitative estimate of drug-likeness (QED) is 0.775. The molecule has 1 aliphatic rings. The van der Waals surface area contributed by atoms with Crippen molar-refractivity contribution >= 4 is 22.5 Å². The fraction of sp³-hybridized carbons (Fsp3) is 0.300. The molecule has 4 rings (SSSR count). The van der Waals surface area contributed by atoms with Crippen molar-refractivity contribution < 1.29 is 0 Å². The largest absolute Gasteiger partial charge is 0.341 e. The van der Waals surface area contributed by atoms with Gasteiger partial charge in [0.1, 0.15) is 0 Å². The fourth-order valence-corrected chi connectivity index (χ4v) is 3.97. The van der Waals surface area contributed by atoms with Gasteiger partial charge in [-0.15, -0.1) is 0 Å². The molecule has 0 amide bonds. The van der Waals surface area contributed by atoms with Crippen molar-refractivity contribution in [2.24, 2.45) is 5.73 Å². The van der Waals surface area contributed by atoms with Crippen LogP contribution in [0.5, 0.6) is 0 Å². The average molecular weight is 340 g/mol. The van der Waals surface area contributed by atoms with Gasteiger partial charge in [0.25, 0.3) is 0 Å². The average Bonchev–Trinajstić information content (AvgIpc) is 2.93. The molecule has 4 heteroatoms. The molecule has 0 unspecified atom stereocenters. The van der Waals surface area contributed by atoms with E-state index in [-0.39, 0.29) is 0 Å². The maximum Gasteiger partial charge on any atom is 0.0489 e. The van der Waals surface area contributed by atoms with E-state index < -0.39 is 0 Å². The van der Waals surface area contributed by atoms with Crippen LogP contribution in [-0.4, -0.2) is 29.1 Å². The van der Waals surface area contributed by atoms with Gasteiger partial charge in [-0.1, -0.05) is 41.9 Å². The number of halogens is 1. The van der Waals surface area contributed by atoms with Gasteiger partial charge in [0.15, 0.2) is 0 Å². The first-order valence-electron chi connectivity index (χ1n) is 8.56. The van der Waals surface area contributed by atoms with Gasteiger partial charge in [0.05, 0.1) is 0 Å². The first kappa shape index (κ1) is 15.7. The highest BCUT2D eigenvalue weighted by atomic mass is 35.5. The standard InChI is InChI=1S/C20H22ClN3/c21-16-6-3-5-15(13-16)20-17-7-1-2-8-18(17)24-12-11-23(10-4-9-22)14-19(20)24/h1-3,5-8,13H,4,9-12,14,22H2. The van der Waals surface area contributed by atoms with E-state index in [9.17, 15) is 0 Å². The van der Waals surface area contributed by atoms with E-state index >= 15 is 0 Å². The molecule has 0 saturated carbocycles. The summed E-state index contributed by atoms with van der Waals surface area (Å²) in [6.07, 6.45) is 1.05. The van der Waals surface area contributed by atoms with Gasteiger partial charge in [-0.3, -0.25) is 4.90 Å². The summed E-state index contributed by atoms with van der Waals surface area (Å²) in [5.41, 5.74) is 10.9. The van der Waals surface area contributed by atoms with E-state index in [0.29, 0.717) is 0 Å². The van der Waals surface area contributed by atoms with Gasteiger partial charge in [-0.25, -0.2) is 0 Å². The number of benzene rings is 2. The van der Waals surface area contributed by atoms with Gasteiger partial charge < -0.3 is 10.3 Å². The summed E-state index contributed by atoms with van der Waals surface area (Å²) in [6, 6.07) is 16.9. The summed E-state index contributed by atoms with van der Waals surface area (Å²) >= 11 is 6.26. The maximum atomic E-state index is 6.26. The number of nitrogens with zero attached hydrogens (tertiary/aromatic N) is 2. The highest BCUT2D eigenvalue weighted by Crippen LogP contribution is 2.37. The second-order valence-electron chi connectivity index (χ2n) is 6.42. The normalized spacial score (nSPS) is 14.9. The topological polar surface area (TPSA) is 34.2 Å². The summed E-state index contributed by atoms with van der Waals surface area (Å²) in [5, 5.41) is 2.10. The predicted molar refractivity (Wildman–Crippen MR) is 101 cm³/mol. The molecule has 0 atom stereocenters. The molecule has 0 aliphatic carbocycles. The molecule has 3 nitrogen and oxygen atoms in total. The van der Waals surface area contributed by atoms with Crippen LogP contribution in [0.3, 0.4) is 0 Å². The van der Waals surface area contributed by atoms with Crippen molar-refractivity contribution in [3.8, 4) is 11.1 Å². The summed E-state index contributed by atoms with van der Waals surface area (Å²) in [4.78, 5) is 2.51. The summed E-state index contributed by atoms with van der Waals surface area (Å²) < 4.78 is 2.48. The molecule has 0 fully saturated rings. The Kier molecular flexibility index (Phi) is 4.31. The number of hydrogen-bond donors (Lipinski definition) is 1. The van der Waals surface area contributed by atoms with E-state index in [4.69, 9.17) is 17.3 Å². The Bertz CT molecular complexity index is 868. The van der Waals surface area contributed by atoms with Gasteiger partial charge in [0, 0.05) is 46.8 Å². The molecule has 124 valence electrons. The lowest BCUT2D eigenvalue weighted by atomic mass is 10.0. The van der Waals surface area contributed by atoms with E-state index in [0.717, 1.165) is 44.2 Å². The molecule has 0 radical (unpaired) electrons. The summed E-state index contributed by atoms with van der Waals surface area (Å²) in [7, 11) is 0. The van der Waals surface area contributed by atoms with Gasteiger partial charge in [-0.05, 0) is 43.3 Å². The Labute approximate surface area is 147 Å². The third-order valence-corrected chi connectivity index (χ3v) is 5.12. The van der Waals surface area contributed by atoms with Crippen LogP contribution in [0.4, 0.5) is 0 Å². The SMILES string of the molecule is NCCCN1CCn2c(c(-c3cccc(Cl)c3)c3ccccc32)C1. The van der Waals surface area contributed by atoms with E-state index in [1.54, 1.807) is 0 Å². The van der Waals surface area contributed by atoms with Gasteiger partial charge in [0.2, 0.25) is 0 Å². The van der Waals surface area contributed by atoms with Crippen molar-refractivity contribution in [3.63, 3.8) is 0 Å². The van der Waals surface area contributed by atoms with Crippen molar-refractivity contribution in [2.45, 2.75) is 19.5 Å². The Morgan fingerprint density at radius 3 is 2.75 bits per heavy atom. The molecule has 0 saturated heterocycles. The van der Waals surface area contributed by atoms with Gasteiger partial charge >= 0.3 is 0 Å². The minimum Gasteiger partial charge on any atom is -0.341 e. The number of hydrogen-bond acceptors (Lipinski definition) is 2.